The average Bonchev–Trinajstić information content (AvgIpc) is 2.35. The summed E-state index contributed by atoms with van der Waals surface area (Å²) in [5.74, 6) is -0.219. The molecule has 3 N–H and O–H groups in total. The van der Waals surface area contributed by atoms with E-state index in [0.717, 1.165) is 26.2 Å². The van der Waals surface area contributed by atoms with Gasteiger partial charge in [-0.1, -0.05) is 13.8 Å². The molecule has 0 unspecified atom stereocenters. The summed E-state index contributed by atoms with van der Waals surface area (Å²) in [5.41, 5.74) is 5.70. The van der Waals surface area contributed by atoms with Crippen LogP contribution in [0, 0.1) is 5.92 Å². The Bertz CT molecular complexity index is 298. The number of carbonyl (C=O) groups is 2. The number of likely N-dealkylation sites (N-methyl/N-ethyl adjacent to an activating group) is 1. The summed E-state index contributed by atoms with van der Waals surface area (Å²) < 4.78 is 0. The molecule has 1 rings (SSSR count). The SMILES string of the molecule is CC(C)[C@H](N)C(=O)NCC(=O)N1CCN(C)CC1. The fraction of sp³-hybridized carbons (Fsp3) is 0.833. The summed E-state index contributed by atoms with van der Waals surface area (Å²) in [5, 5.41) is 2.60. The molecule has 0 saturated carbocycles. The molecule has 0 aliphatic carbocycles. The monoisotopic (exact) mass is 256 g/mol. The summed E-state index contributed by atoms with van der Waals surface area (Å²) in [6, 6.07) is -0.551. The first-order chi connectivity index (χ1) is 8.41. The summed E-state index contributed by atoms with van der Waals surface area (Å²) in [6.07, 6.45) is 0. The summed E-state index contributed by atoms with van der Waals surface area (Å²) in [6.45, 7) is 7.02. The Morgan fingerprint density at radius 2 is 1.78 bits per heavy atom. The molecule has 0 aromatic heterocycles. The number of amides is 2. The normalized spacial score (nSPS) is 18.8. The fourth-order valence-corrected chi connectivity index (χ4v) is 1.75. The smallest absolute Gasteiger partial charge is 0.242 e. The van der Waals surface area contributed by atoms with Crippen LogP contribution in [-0.2, 0) is 9.59 Å². The van der Waals surface area contributed by atoms with Crippen molar-refractivity contribution in [2.24, 2.45) is 11.7 Å². The van der Waals surface area contributed by atoms with E-state index in [1.807, 2.05) is 20.9 Å². The van der Waals surface area contributed by atoms with Crippen LogP contribution in [0.15, 0.2) is 0 Å². The van der Waals surface area contributed by atoms with Gasteiger partial charge in [0.2, 0.25) is 11.8 Å². The van der Waals surface area contributed by atoms with Crippen molar-refractivity contribution < 1.29 is 9.59 Å². The topological polar surface area (TPSA) is 78.7 Å². The van der Waals surface area contributed by atoms with E-state index < -0.39 is 6.04 Å². The Morgan fingerprint density at radius 1 is 1.22 bits per heavy atom. The zero-order valence-electron chi connectivity index (χ0n) is 11.5. The molecule has 1 saturated heterocycles. The van der Waals surface area contributed by atoms with Crippen LogP contribution in [0.4, 0.5) is 0 Å². The summed E-state index contributed by atoms with van der Waals surface area (Å²) in [7, 11) is 2.03. The van der Waals surface area contributed by atoms with Crippen LogP contribution in [0.1, 0.15) is 13.8 Å². The first kappa shape index (κ1) is 14.9. The highest BCUT2D eigenvalue weighted by Crippen LogP contribution is 2.00. The van der Waals surface area contributed by atoms with Gasteiger partial charge in [0, 0.05) is 26.2 Å². The molecule has 18 heavy (non-hydrogen) atoms. The van der Waals surface area contributed by atoms with Crippen LogP contribution in [0.5, 0.6) is 0 Å². The van der Waals surface area contributed by atoms with Gasteiger partial charge in [-0.05, 0) is 13.0 Å². The Morgan fingerprint density at radius 3 is 2.28 bits per heavy atom. The van der Waals surface area contributed by atoms with E-state index in [9.17, 15) is 9.59 Å². The lowest BCUT2D eigenvalue weighted by Crippen LogP contribution is -2.52. The molecule has 0 spiro atoms. The van der Waals surface area contributed by atoms with Gasteiger partial charge in [-0.3, -0.25) is 9.59 Å². The van der Waals surface area contributed by atoms with Crippen LogP contribution in [0.3, 0.4) is 0 Å². The van der Waals surface area contributed by atoms with E-state index in [1.54, 1.807) is 4.90 Å². The highest BCUT2D eigenvalue weighted by molar-refractivity contribution is 5.87. The molecule has 1 aliphatic heterocycles. The molecule has 0 aromatic carbocycles. The molecule has 0 bridgehead atoms. The maximum atomic E-state index is 11.9. The second-order valence-electron chi connectivity index (χ2n) is 5.17. The molecule has 104 valence electrons. The van der Waals surface area contributed by atoms with E-state index in [4.69, 9.17) is 5.73 Å². The van der Waals surface area contributed by atoms with Crippen molar-refractivity contribution in [1.29, 1.82) is 0 Å². The predicted molar refractivity (Wildman–Crippen MR) is 69.9 cm³/mol. The molecular formula is C12H24N4O2. The van der Waals surface area contributed by atoms with Crippen LogP contribution >= 0.6 is 0 Å². The largest absolute Gasteiger partial charge is 0.346 e. The lowest BCUT2D eigenvalue weighted by Gasteiger charge is -2.32. The number of nitrogens with two attached hydrogens (primary N) is 1. The van der Waals surface area contributed by atoms with Gasteiger partial charge >= 0.3 is 0 Å². The summed E-state index contributed by atoms with van der Waals surface area (Å²) >= 11 is 0. The Balaban J connectivity index is 2.31. The van der Waals surface area contributed by atoms with E-state index in [0.29, 0.717) is 0 Å². The molecule has 2 amide bonds. The minimum absolute atomic E-state index is 0.0348. The predicted octanol–water partition coefficient (Wildman–Crippen LogP) is -1.14. The molecule has 1 fully saturated rings. The van der Waals surface area contributed by atoms with Gasteiger partial charge in [0.05, 0.1) is 12.6 Å². The maximum Gasteiger partial charge on any atom is 0.242 e. The zero-order valence-corrected chi connectivity index (χ0v) is 11.5. The van der Waals surface area contributed by atoms with Crippen molar-refractivity contribution in [3.63, 3.8) is 0 Å². The molecule has 0 aromatic rings. The van der Waals surface area contributed by atoms with Gasteiger partial charge in [0.1, 0.15) is 0 Å². The van der Waals surface area contributed by atoms with Gasteiger partial charge < -0.3 is 20.9 Å². The standard InChI is InChI=1S/C12H24N4O2/c1-9(2)11(13)12(18)14-8-10(17)16-6-4-15(3)5-7-16/h9,11H,4-8,13H2,1-3H3,(H,14,18)/t11-/m0/s1. The van der Waals surface area contributed by atoms with E-state index >= 15 is 0 Å². The Hall–Kier alpha value is -1.14. The third-order valence-corrected chi connectivity index (χ3v) is 3.29. The molecule has 6 nitrogen and oxygen atoms in total. The van der Waals surface area contributed by atoms with Crippen LogP contribution in [0.25, 0.3) is 0 Å². The quantitative estimate of drug-likeness (QED) is 0.666. The van der Waals surface area contributed by atoms with Crippen molar-refractivity contribution in [3.05, 3.63) is 0 Å². The van der Waals surface area contributed by atoms with Crippen molar-refractivity contribution in [3.8, 4) is 0 Å². The van der Waals surface area contributed by atoms with Crippen LogP contribution < -0.4 is 11.1 Å². The number of piperazine rings is 1. The zero-order chi connectivity index (χ0) is 13.7. The number of carbonyl (C=O) groups excluding carboxylic acids is 2. The van der Waals surface area contributed by atoms with Crippen LogP contribution in [-0.4, -0.2) is 67.4 Å². The highest BCUT2D eigenvalue weighted by atomic mass is 16.2. The van der Waals surface area contributed by atoms with Gasteiger partial charge in [-0.25, -0.2) is 0 Å². The van der Waals surface area contributed by atoms with Crippen molar-refractivity contribution in [2.45, 2.75) is 19.9 Å². The highest BCUT2D eigenvalue weighted by Gasteiger charge is 2.21. The number of nitrogens with zero attached hydrogens (tertiary/aromatic N) is 2. The van der Waals surface area contributed by atoms with Crippen LogP contribution in [0.2, 0.25) is 0 Å². The van der Waals surface area contributed by atoms with Crippen molar-refractivity contribution >= 4 is 11.8 Å². The van der Waals surface area contributed by atoms with Gasteiger partial charge in [0.15, 0.2) is 0 Å². The lowest BCUT2D eigenvalue weighted by atomic mass is 10.1. The fourth-order valence-electron chi connectivity index (χ4n) is 1.75. The van der Waals surface area contributed by atoms with E-state index in [-0.39, 0.29) is 24.3 Å². The van der Waals surface area contributed by atoms with E-state index in [2.05, 4.69) is 10.2 Å². The second kappa shape index (κ2) is 6.70. The Kier molecular flexibility index (Phi) is 5.55. The summed E-state index contributed by atoms with van der Waals surface area (Å²) in [4.78, 5) is 27.4. The van der Waals surface area contributed by atoms with E-state index in [1.165, 1.54) is 0 Å². The minimum Gasteiger partial charge on any atom is -0.346 e. The minimum atomic E-state index is -0.551. The first-order valence-electron chi connectivity index (χ1n) is 6.41. The number of rotatable bonds is 4. The number of hydrogen-bond acceptors (Lipinski definition) is 4. The van der Waals surface area contributed by atoms with Gasteiger partial charge in [-0.15, -0.1) is 0 Å². The molecule has 1 aliphatic rings. The second-order valence-corrected chi connectivity index (χ2v) is 5.17. The van der Waals surface area contributed by atoms with Crippen molar-refractivity contribution in [1.82, 2.24) is 15.1 Å². The van der Waals surface area contributed by atoms with Gasteiger partial charge in [-0.2, -0.15) is 0 Å². The van der Waals surface area contributed by atoms with Gasteiger partial charge in [0.25, 0.3) is 0 Å². The molecular weight excluding hydrogens is 232 g/mol. The lowest BCUT2D eigenvalue weighted by molar-refractivity contribution is -0.134. The third-order valence-electron chi connectivity index (χ3n) is 3.29. The average molecular weight is 256 g/mol. The van der Waals surface area contributed by atoms with Crippen molar-refractivity contribution in [2.75, 3.05) is 39.8 Å². The third kappa shape index (κ3) is 4.27. The number of hydrogen-bond donors (Lipinski definition) is 2. The number of nitrogens with one attached hydrogen (secondary N) is 1. The molecule has 1 atom stereocenters. The molecule has 6 heteroatoms. The maximum absolute atomic E-state index is 11.9. The molecule has 0 radical (unpaired) electrons. The Labute approximate surface area is 108 Å². The first-order valence-corrected chi connectivity index (χ1v) is 6.41. The molecule has 1 heterocycles.